The molecule has 0 saturated heterocycles. The Labute approximate surface area is 184 Å². The first-order chi connectivity index (χ1) is 14.9. The molecule has 2 unspecified atom stereocenters. The van der Waals surface area contributed by atoms with Crippen LogP contribution in [0, 0.1) is 17.5 Å². The van der Waals surface area contributed by atoms with Gasteiger partial charge in [-0.2, -0.15) is 0 Å². The first-order valence-corrected chi connectivity index (χ1v) is 10.1. The lowest BCUT2D eigenvalue weighted by atomic mass is 9.83. The van der Waals surface area contributed by atoms with Gasteiger partial charge in [-0.1, -0.05) is 0 Å². The number of alkyl halides is 1. The second-order valence-electron chi connectivity index (χ2n) is 8.60. The second-order valence-corrected chi connectivity index (χ2v) is 8.60. The average molecular weight is 451 g/mol. The number of hydrogen-bond donors (Lipinski definition) is 1. The van der Waals surface area contributed by atoms with Crippen LogP contribution in [0.15, 0.2) is 30.3 Å². The number of esters is 1. The summed E-state index contributed by atoms with van der Waals surface area (Å²) in [7, 11) is 1.18. The first-order valence-electron chi connectivity index (χ1n) is 10.1. The van der Waals surface area contributed by atoms with Crippen LogP contribution in [-0.4, -0.2) is 41.3 Å². The average Bonchev–Trinajstić information content (AvgIpc) is 2.68. The van der Waals surface area contributed by atoms with E-state index in [0.717, 1.165) is 24.3 Å². The molecule has 1 N–H and O–H groups in total. The van der Waals surface area contributed by atoms with Gasteiger partial charge in [-0.25, -0.2) is 22.4 Å². The molecule has 8 heteroatoms. The Balaban J connectivity index is 2.18. The van der Waals surface area contributed by atoms with Crippen LogP contribution in [0.3, 0.4) is 0 Å². The van der Waals surface area contributed by atoms with Crippen molar-refractivity contribution in [2.24, 2.45) is 0 Å². The third kappa shape index (κ3) is 4.96. The summed E-state index contributed by atoms with van der Waals surface area (Å²) in [5, 5.41) is 9.80. The van der Waals surface area contributed by atoms with E-state index in [1.54, 1.807) is 11.8 Å². The van der Waals surface area contributed by atoms with Crippen molar-refractivity contribution >= 4 is 12.0 Å². The molecule has 0 spiro atoms. The molecule has 0 saturated carbocycles. The van der Waals surface area contributed by atoms with Crippen LogP contribution in [0.4, 0.5) is 17.6 Å². The number of halogens is 4. The van der Waals surface area contributed by atoms with Crippen LogP contribution in [-0.2, 0) is 16.0 Å². The molecule has 32 heavy (non-hydrogen) atoms. The Hall–Kier alpha value is -2.87. The van der Waals surface area contributed by atoms with Gasteiger partial charge in [0.05, 0.1) is 13.2 Å². The second kappa shape index (κ2) is 8.94. The third-order valence-electron chi connectivity index (χ3n) is 5.46. The van der Waals surface area contributed by atoms with Crippen molar-refractivity contribution in [3.8, 4) is 5.75 Å². The van der Waals surface area contributed by atoms with Crippen molar-refractivity contribution in [1.82, 2.24) is 4.90 Å². The van der Waals surface area contributed by atoms with Gasteiger partial charge in [-0.3, -0.25) is 4.90 Å². The molecule has 0 radical (unpaired) electrons. The Bertz CT molecular complexity index is 1040. The monoisotopic (exact) mass is 451 g/mol. The van der Waals surface area contributed by atoms with Gasteiger partial charge in [0.25, 0.3) is 0 Å². The highest BCUT2D eigenvalue weighted by molar-refractivity contribution is 5.86. The summed E-state index contributed by atoms with van der Waals surface area (Å²) in [5.74, 6) is -4.01. The fourth-order valence-corrected chi connectivity index (χ4v) is 4.12. The van der Waals surface area contributed by atoms with E-state index in [1.165, 1.54) is 33.1 Å². The quantitative estimate of drug-likeness (QED) is 0.391. The first kappa shape index (κ1) is 23.8. The van der Waals surface area contributed by atoms with E-state index in [4.69, 9.17) is 0 Å². The van der Waals surface area contributed by atoms with Gasteiger partial charge in [-0.15, -0.1) is 0 Å². The van der Waals surface area contributed by atoms with Crippen LogP contribution in [0.5, 0.6) is 5.75 Å². The summed E-state index contributed by atoms with van der Waals surface area (Å²) >= 11 is 0. The highest BCUT2D eigenvalue weighted by Crippen LogP contribution is 2.42. The zero-order valence-corrected chi connectivity index (χ0v) is 18.3. The minimum absolute atomic E-state index is 0.0903. The molecule has 2 aromatic carbocycles. The van der Waals surface area contributed by atoms with Crippen molar-refractivity contribution in [3.63, 3.8) is 0 Å². The highest BCUT2D eigenvalue weighted by Gasteiger charge is 2.39. The van der Waals surface area contributed by atoms with Crippen molar-refractivity contribution in [3.05, 3.63) is 70.0 Å². The number of carbonyl (C=O) groups is 1. The molecule has 172 valence electrons. The number of carbonyl (C=O) groups excluding carboxylic acids is 1. The molecular weight excluding hydrogens is 426 g/mol. The molecule has 2 atom stereocenters. The highest BCUT2D eigenvalue weighted by atomic mass is 19.1. The number of benzene rings is 2. The van der Waals surface area contributed by atoms with E-state index in [9.17, 15) is 18.7 Å². The number of phenolic OH excluding ortho intramolecular Hbond substituents is 1. The summed E-state index contributed by atoms with van der Waals surface area (Å²) in [6.45, 7) is 4.35. The van der Waals surface area contributed by atoms with E-state index in [1.807, 2.05) is 0 Å². The van der Waals surface area contributed by atoms with E-state index < -0.39 is 40.9 Å². The lowest BCUT2D eigenvalue weighted by Gasteiger charge is -2.44. The number of ether oxygens (including phenoxy) is 1. The Morgan fingerprint density at radius 1 is 1.19 bits per heavy atom. The standard InChI is InChI=1S/C24H25F4NO3/c1-13-7-15-10-20(30)17(25)11-16(15)23(29(13)12-24(2,3)28)22-18(26)8-14(9-19(22)27)5-6-21(31)32-4/h5-6,8-11,13,23,30H,7,12H2,1-4H3/b6-5+. The summed E-state index contributed by atoms with van der Waals surface area (Å²) in [6, 6.07) is 2.93. The molecule has 0 bridgehead atoms. The van der Waals surface area contributed by atoms with Crippen LogP contribution in [0.25, 0.3) is 6.08 Å². The van der Waals surface area contributed by atoms with Crippen LogP contribution in [0.2, 0.25) is 0 Å². The fraction of sp³-hybridized carbons (Fsp3) is 0.375. The molecule has 4 nitrogen and oxygen atoms in total. The van der Waals surface area contributed by atoms with E-state index in [2.05, 4.69) is 4.74 Å². The summed E-state index contributed by atoms with van der Waals surface area (Å²) < 4.78 is 63.9. The van der Waals surface area contributed by atoms with Crippen molar-refractivity contribution in [1.29, 1.82) is 0 Å². The molecule has 1 aliphatic rings. The lowest BCUT2D eigenvalue weighted by molar-refractivity contribution is -0.134. The lowest BCUT2D eigenvalue weighted by Crippen LogP contribution is -2.48. The fourth-order valence-electron chi connectivity index (χ4n) is 4.12. The Morgan fingerprint density at radius 3 is 2.38 bits per heavy atom. The van der Waals surface area contributed by atoms with E-state index >= 15 is 8.78 Å². The van der Waals surface area contributed by atoms with Gasteiger partial charge in [0, 0.05) is 24.2 Å². The van der Waals surface area contributed by atoms with Gasteiger partial charge in [0.2, 0.25) is 0 Å². The molecule has 0 aromatic heterocycles. The minimum Gasteiger partial charge on any atom is -0.505 e. The molecule has 1 heterocycles. The molecular formula is C24H25F4NO3. The van der Waals surface area contributed by atoms with Crippen molar-refractivity contribution in [2.75, 3.05) is 13.7 Å². The molecule has 0 amide bonds. The maximum Gasteiger partial charge on any atom is 0.330 e. The number of nitrogens with zero attached hydrogens (tertiary/aromatic N) is 1. The number of fused-ring (bicyclic) bond motifs is 1. The van der Waals surface area contributed by atoms with Gasteiger partial charge in [0.15, 0.2) is 11.6 Å². The number of methoxy groups -OCH3 is 1. The normalized spacial score (nSPS) is 19.2. The zero-order chi connectivity index (χ0) is 23.8. The zero-order valence-electron chi connectivity index (χ0n) is 18.3. The SMILES string of the molecule is COC(=O)/C=C/c1cc(F)c(C2c3cc(F)c(O)cc3CC(C)N2CC(C)(C)F)c(F)c1. The maximum absolute atomic E-state index is 15.3. The molecule has 1 aliphatic heterocycles. The largest absolute Gasteiger partial charge is 0.505 e. The van der Waals surface area contributed by atoms with Gasteiger partial charge < -0.3 is 9.84 Å². The van der Waals surface area contributed by atoms with Crippen molar-refractivity contribution in [2.45, 2.75) is 44.9 Å². The molecule has 0 aliphatic carbocycles. The van der Waals surface area contributed by atoms with E-state index in [0.29, 0.717) is 12.0 Å². The van der Waals surface area contributed by atoms with Crippen LogP contribution in [0.1, 0.15) is 49.1 Å². The minimum atomic E-state index is -1.68. The summed E-state index contributed by atoms with van der Waals surface area (Å²) in [4.78, 5) is 12.9. The number of aromatic hydroxyl groups is 1. The summed E-state index contributed by atoms with van der Waals surface area (Å²) in [6.07, 6.45) is 2.58. The molecule has 2 aromatic rings. The van der Waals surface area contributed by atoms with Crippen LogP contribution < -0.4 is 0 Å². The Morgan fingerprint density at radius 2 is 1.81 bits per heavy atom. The predicted molar refractivity (Wildman–Crippen MR) is 112 cm³/mol. The van der Waals surface area contributed by atoms with Gasteiger partial charge in [-0.05, 0) is 74.2 Å². The number of phenols is 1. The smallest absolute Gasteiger partial charge is 0.330 e. The number of rotatable bonds is 5. The summed E-state index contributed by atoms with van der Waals surface area (Å²) in [5.41, 5.74) is -1.16. The van der Waals surface area contributed by atoms with Gasteiger partial charge in [0.1, 0.15) is 17.3 Å². The predicted octanol–water partition coefficient (Wildman–Crippen LogP) is 5.08. The van der Waals surface area contributed by atoms with Crippen LogP contribution >= 0.6 is 0 Å². The topological polar surface area (TPSA) is 49.8 Å². The van der Waals surface area contributed by atoms with Crippen molar-refractivity contribution < 1.29 is 32.2 Å². The van der Waals surface area contributed by atoms with Gasteiger partial charge >= 0.3 is 5.97 Å². The molecule has 3 rings (SSSR count). The maximum atomic E-state index is 15.3. The third-order valence-corrected chi connectivity index (χ3v) is 5.46. The Kier molecular flexibility index (Phi) is 6.64. The van der Waals surface area contributed by atoms with E-state index in [-0.39, 0.29) is 29.3 Å². The molecule has 0 fully saturated rings. The number of hydrogen-bond acceptors (Lipinski definition) is 4.